The lowest BCUT2D eigenvalue weighted by molar-refractivity contribution is -0.152. The van der Waals surface area contributed by atoms with Gasteiger partial charge in [0.25, 0.3) is 0 Å². The lowest BCUT2D eigenvalue weighted by Crippen LogP contribution is -2.48. The molecule has 1 amide bonds. The molecule has 21 heavy (non-hydrogen) atoms. The highest BCUT2D eigenvalue weighted by Crippen LogP contribution is 2.18. The molecular weight excluding hydrogens is 277 g/mol. The molecule has 0 aromatic heterocycles. The molecule has 1 aliphatic rings. The highest BCUT2D eigenvalue weighted by molar-refractivity contribution is 5.83. The number of rotatable bonds is 5. The van der Waals surface area contributed by atoms with Crippen LogP contribution < -0.4 is 4.74 Å². The van der Waals surface area contributed by atoms with Crippen LogP contribution in [-0.4, -0.2) is 41.1 Å². The summed E-state index contributed by atoms with van der Waals surface area (Å²) in [6.07, 6.45) is 2.22. The maximum absolute atomic E-state index is 13.0. The van der Waals surface area contributed by atoms with Crippen molar-refractivity contribution in [3.05, 3.63) is 30.1 Å². The van der Waals surface area contributed by atoms with Crippen LogP contribution in [0.2, 0.25) is 0 Å². The lowest BCUT2D eigenvalue weighted by atomic mass is 10.0. The maximum Gasteiger partial charge on any atom is 0.326 e. The first-order valence-electron chi connectivity index (χ1n) is 6.98. The summed E-state index contributed by atoms with van der Waals surface area (Å²) in [5, 5.41) is 9.12. The summed E-state index contributed by atoms with van der Waals surface area (Å²) in [6, 6.07) is 4.95. The van der Waals surface area contributed by atoms with Gasteiger partial charge in [0.15, 0.2) is 0 Å². The predicted molar refractivity (Wildman–Crippen MR) is 73.5 cm³/mol. The number of likely N-dealkylation sites (tertiary alicyclic amines) is 1. The zero-order valence-electron chi connectivity index (χ0n) is 11.6. The van der Waals surface area contributed by atoms with Crippen LogP contribution in [0.1, 0.15) is 25.7 Å². The zero-order chi connectivity index (χ0) is 15.2. The minimum atomic E-state index is -0.964. The number of benzene rings is 1. The molecule has 0 saturated carbocycles. The van der Waals surface area contributed by atoms with Crippen LogP contribution in [0.3, 0.4) is 0 Å². The van der Waals surface area contributed by atoms with Gasteiger partial charge < -0.3 is 14.7 Å². The van der Waals surface area contributed by atoms with Gasteiger partial charge in [0, 0.05) is 12.6 Å². The minimum Gasteiger partial charge on any atom is -0.493 e. The van der Waals surface area contributed by atoms with Gasteiger partial charge in [-0.2, -0.15) is 0 Å². The molecule has 5 nitrogen and oxygen atoms in total. The molecule has 1 fully saturated rings. The first kappa shape index (κ1) is 15.3. The van der Waals surface area contributed by atoms with Gasteiger partial charge in [-0.15, -0.1) is 0 Å². The summed E-state index contributed by atoms with van der Waals surface area (Å²) in [5.41, 5.74) is 0. The van der Waals surface area contributed by atoms with Crippen LogP contribution in [0.4, 0.5) is 4.39 Å². The Kier molecular flexibility index (Phi) is 5.14. The molecule has 1 N–H and O–H groups in total. The standard InChI is InChI=1S/C15H18FNO4/c16-11-4-3-5-12(10-11)21-9-7-14(18)17-8-2-1-6-13(17)15(19)20/h3-5,10,13H,1-2,6-9H2,(H,19,20). The molecule has 1 atom stereocenters. The number of ether oxygens (including phenoxy) is 1. The fourth-order valence-corrected chi connectivity index (χ4v) is 2.44. The molecule has 1 heterocycles. The molecule has 6 heteroatoms. The Hall–Kier alpha value is -2.11. The van der Waals surface area contributed by atoms with Crippen molar-refractivity contribution >= 4 is 11.9 Å². The summed E-state index contributed by atoms with van der Waals surface area (Å²) in [4.78, 5) is 24.6. The van der Waals surface area contributed by atoms with Gasteiger partial charge in [0.1, 0.15) is 17.6 Å². The van der Waals surface area contributed by atoms with Crippen LogP contribution in [0.5, 0.6) is 5.75 Å². The number of carboxylic acid groups (broad SMARTS) is 1. The highest BCUT2D eigenvalue weighted by atomic mass is 19.1. The molecule has 1 aliphatic heterocycles. The number of hydrogen-bond acceptors (Lipinski definition) is 3. The SMILES string of the molecule is O=C(O)C1CCCCN1C(=O)CCOc1cccc(F)c1. The summed E-state index contributed by atoms with van der Waals surface area (Å²) in [6.45, 7) is 0.570. The first-order valence-corrected chi connectivity index (χ1v) is 6.98. The smallest absolute Gasteiger partial charge is 0.326 e. The van der Waals surface area contributed by atoms with E-state index in [9.17, 15) is 14.0 Å². The summed E-state index contributed by atoms with van der Waals surface area (Å²) >= 11 is 0. The molecular formula is C15H18FNO4. The van der Waals surface area contributed by atoms with Gasteiger partial charge in [0.2, 0.25) is 5.91 Å². The van der Waals surface area contributed by atoms with Crippen molar-refractivity contribution in [1.29, 1.82) is 0 Å². The number of piperidine rings is 1. The van der Waals surface area contributed by atoms with Gasteiger partial charge in [0.05, 0.1) is 13.0 Å². The van der Waals surface area contributed by atoms with Gasteiger partial charge in [-0.1, -0.05) is 6.07 Å². The number of carboxylic acids is 1. The second-order valence-electron chi connectivity index (χ2n) is 4.99. The number of aliphatic carboxylic acids is 1. The van der Waals surface area contributed by atoms with Gasteiger partial charge in [-0.25, -0.2) is 9.18 Å². The minimum absolute atomic E-state index is 0.0836. The molecule has 2 rings (SSSR count). The fraction of sp³-hybridized carbons (Fsp3) is 0.467. The van der Waals surface area contributed by atoms with Crippen molar-refractivity contribution in [2.45, 2.75) is 31.7 Å². The Balaban J connectivity index is 1.84. The van der Waals surface area contributed by atoms with Crippen LogP contribution in [0, 0.1) is 5.82 Å². The van der Waals surface area contributed by atoms with Gasteiger partial charge in [-0.3, -0.25) is 4.79 Å². The number of carbonyl (C=O) groups is 2. The number of halogens is 1. The first-order chi connectivity index (χ1) is 10.1. The lowest BCUT2D eigenvalue weighted by Gasteiger charge is -2.33. The van der Waals surface area contributed by atoms with Crippen molar-refractivity contribution in [2.24, 2.45) is 0 Å². The van der Waals surface area contributed by atoms with E-state index in [-0.39, 0.29) is 18.9 Å². The molecule has 0 spiro atoms. The number of carbonyl (C=O) groups excluding carboxylic acids is 1. The Labute approximate surface area is 122 Å². The van der Waals surface area contributed by atoms with E-state index in [0.29, 0.717) is 18.7 Å². The Morgan fingerprint density at radius 2 is 2.19 bits per heavy atom. The Morgan fingerprint density at radius 1 is 1.38 bits per heavy atom. The van der Waals surface area contributed by atoms with Gasteiger partial charge in [-0.05, 0) is 31.4 Å². The van der Waals surface area contributed by atoms with E-state index in [4.69, 9.17) is 9.84 Å². The summed E-state index contributed by atoms with van der Waals surface area (Å²) in [5.74, 6) is -1.25. The average Bonchev–Trinajstić information content (AvgIpc) is 2.47. The van der Waals surface area contributed by atoms with Crippen LogP contribution >= 0.6 is 0 Å². The van der Waals surface area contributed by atoms with E-state index in [1.807, 2.05) is 0 Å². The van der Waals surface area contributed by atoms with Gasteiger partial charge >= 0.3 is 5.97 Å². The van der Waals surface area contributed by atoms with E-state index < -0.39 is 17.8 Å². The third-order valence-electron chi connectivity index (χ3n) is 3.49. The number of hydrogen-bond donors (Lipinski definition) is 1. The molecule has 1 aromatic carbocycles. The normalized spacial score (nSPS) is 18.3. The van der Waals surface area contributed by atoms with Crippen molar-refractivity contribution in [3.8, 4) is 5.75 Å². The fourth-order valence-electron chi connectivity index (χ4n) is 2.44. The third-order valence-corrected chi connectivity index (χ3v) is 3.49. The Bertz CT molecular complexity index is 520. The number of amides is 1. The molecule has 1 saturated heterocycles. The van der Waals surface area contributed by atoms with Crippen LogP contribution in [-0.2, 0) is 9.59 Å². The van der Waals surface area contributed by atoms with Crippen molar-refractivity contribution in [1.82, 2.24) is 4.90 Å². The molecule has 1 unspecified atom stereocenters. The maximum atomic E-state index is 13.0. The van der Waals surface area contributed by atoms with E-state index in [0.717, 1.165) is 12.8 Å². The van der Waals surface area contributed by atoms with Crippen LogP contribution in [0.25, 0.3) is 0 Å². The van der Waals surface area contributed by atoms with Crippen molar-refractivity contribution in [2.75, 3.05) is 13.2 Å². The van der Waals surface area contributed by atoms with E-state index >= 15 is 0 Å². The second-order valence-corrected chi connectivity index (χ2v) is 4.99. The monoisotopic (exact) mass is 295 g/mol. The molecule has 0 bridgehead atoms. The largest absolute Gasteiger partial charge is 0.493 e. The van der Waals surface area contributed by atoms with E-state index in [1.165, 1.54) is 23.1 Å². The van der Waals surface area contributed by atoms with E-state index in [1.54, 1.807) is 6.07 Å². The molecule has 114 valence electrons. The molecule has 0 aliphatic carbocycles. The third kappa shape index (κ3) is 4.18. The second kappa shape index (κ2) is 7.06. The van der Waals surface area contributed by atoms with E-state index in [2.05, 4.69) is 0 Å². The number of nitrogens with zero attached hydrogens (tertiary/aromatic N) is 1. The quantitative estimate of drug-likeness (QED) is 0.903. The summed E-state index contributed by atoms with van der Waals surface area (Å²) < 4.78 is 18.3. The topological polar surface area (TPSA) is 66.8 Å². The zero-order valence-corrected chi connectivity index (χ0v) is 11.6. The Morgan fingerprint density at radius 3 is 2.90 bits per heavy atom. The van der Waals surface area contributed by atoms with Crippen molar-refractivity contribution in [3.63, 3.8) is 0 Å². The molecule has 0 radical (unpaired) electrons. The highest BCUT2D eigenvalue weighted by Gasteiger charge is 2.31. The predicted octanol–water partition coefficient (Wildman–Crippen LogP) is 2.06. The molecule has 1 aromatic rings. The van der Waals surface area contributed by atoms with Crippen LogP contribution in [0.15, 0.2) is 24.3 Å². The van der Waals surface area contributed by atoms with Crippen molar-refractivity contribution < 1.29 is 23.8 Å². The summed E-state index contributed by atoms with van der Waals surface area (Å²) in [7, 11) is 0. The average molecular weight is 295 g/mol.